The van der Waals surface area contributed by atoms with E-state index in [0.29, 0.717) is 37.6 Å². The maximum atomic E-state index is 13.9. The van der Waals surface area contributed by atoms with Crippen LogP contribution in [0.5, 0.6) is 0 Å². The maximum absolute atomic E-state index is 13.9. The molecule has 7 heteroatoms. The lowest BCUT2D eigenvalue weighted by Crippen LogP contribution is -2.50. The van der Waals surface area contributed by atoms with Gasteiger partial charge in [-0.1, -0.05) is 30.3 Å². The van der Waals surface area contributed by atoms with Crippen LogP contribution in [0.2, 0.25) is 0 Å². The van der Waals surface area contributed by atoms with E-state index >= 15 is 0 Å². The Balaban J connectivity index is 1.35. The number of para-hydroxylation sites is 1. The summed E-state index contributed by atoms with van der Waals surface area (Å²) < 4.78 is 19.0. The number of amides is 1. The molecule has 2 aromatic carbocycles. The highest BCUT2D eigenvalue weighted by molar-refractivity contribution is 7.99. The number of rotatable bonds is 7. The molecule has 0 N–H and O–H groups in total. The monoisotopic (exact) mass is 402 g/mol. The number of thioether (sulfide) groups is 1. The van der Waals surface area contributed by atoms with Gasteiger partial charge in [0, 0.05) is 36.8 Å². The number of benzene rings is 2. The van der Waals surface area contributed by atoms with Gasteiger partial charge in [0.2, 0.25) is 0 Å². The number of ether oxygens (including phenoxy) is 1. The van der Waals surface area contributed by atoms with Gasteiger partial charge in [-0.3, -0.25) is 9.59 Å². The van der Waals surface area contributed by atoms with E-state index < -0.39 is 0 Å². The van der Waals surface area contributed by atoms with Gasteiger partial charge in [-0.2, -0.15) is 0 Å². The largest absolute Gasteiger partial charge is 0.456 e. The molecular formula is C21H23FN2O3S. The molecule has 0 radical (unpaired) electrons. The van der Waals surface area contributed by atoms with E-state index in [-0.39, 0.29) is 30.7 Å². The van der Waals surface area contributed by atoms with Crippen LogP contribution in [0.3, 0.4) is 0 Å². The summed E-state index contributed by atoms with van der Waals surface area (Å²) in [5.74, 6) is -0.234. The van der Waals surface area contributed by atoms with E-state index in [1.807, 2.05) is 35.2 Å². The van der Waals surface area contributed by atoms with Crippen LogP contribution in [-0.2, 0) is 14.3 Å². The summed E-state index contributed by atoms with van der Waals surface area (Å²) in [5, 5.41) is 0. The van der Waals surface area contributed by atoms with Crippen molar-refractivity contribution < 1.29 is 18.7 Å². The van der Waals surface area contributed by atoms with Crippen LogP contribution in [0.15, 0.2) is 59.5 Å². The lowest BCUT2D eigenvalue weighted by atomic mass is 10.2. The smallest absolute Gasteiger partial charge is 0.307 e. The van der Waals surface area contributed by atoms with Crippen LogP contribution >= 0.6 is 11.8 Å². The third-order valence-electron chi connectivity index (χ3n) is 4.50. The molecule has 0 aromatic heterocycles. The van der Waals surface area contributed by atoms with Crippen molar-refractivity contribution >= 4 is 29.3 Å². The zero-order valence-electron chi connectivity index (χ0n) is 15.6. The van der Waals surface area contributed by atoms with Gasteiger partial charge < -0.3 is 14.5 Å². The number of esters is 1. The number of piperazine rings is 1. The molecular weight excluding hydrogens is 379 g/mol. The minimum atomic E-state index is -0.373. The average molecular weight is 402 g/mol. The molecule has 148 valence electrons. The molecule has 0 bridgehead atoms. The van der Waals surface area contributed by atoms with Crippen molar-refractivity contribution in [1.82, 2.24) is 4.90 Å². The zero-order valence-corrected chi connectivity index (χ0v) is 16.4. The number of nitrogens with zero attached hydrogens (tertiary/aromatic N) is 2. The van der Waals surface area contributed by atoms with Crippen molar-refractivity contribution in [3.8, 4) is 0 Å². The third-order valence-corrected chi connectivity index (χ3v) is 5.51. The third kappa shape index (κ3) is 5.73. The Bertz CT molecular complexity index is 795. The van der Waals surface area contributed by atoms with Crippen LogP contribution in [0.1, 0.15) is 6.42 Å². The Hall–Kier alpha value is -2.54. The van der Waals surface area contributed by atoms with Gasteiger partial charge in [0.15, 0.2) is 6.61 Å². The standard InChI is InChI=1S/C21H23FN2O3S/c22-18-8-4-5-9-19(18)23-11-13-24(14-12-23)20(25)16-27-21(26)10-15-28-17-6-2-1-3-7-17/h1-9H,10-16H2. The molecule has 1 amide bonds. The molecule has 5 nitrogen and oxygen atoms in total. The highest BCUT2D eigenvalue weighted by atomic mass is 32.2. The lowest BCUT2D eigenvalue weighted by molar-refractivity contribution is -0.151. The van der Waals surface area contributed by atoms with Crippen molar-refractivity contribution in [2.75, 3.05) is 43.4 Å². The molecule has 1 fully saturated rings. The highest BCUT2D eigenvalue weighted by Gasteiger charge is 2.23. The average Bonchev–Trinajstić information content (AvgIpc) is 2.73. The van der Waals surface area contributed by atoms with Gasteiger partial charge in [0.1, 0.15) is 5.82 Å². The summed E-state index contributed by atoms with van der Waals surface area (Å²) in [6.07, 6.45) is 0.258. The first-order valence-electron chi connectivity index (χ1n) is 9.24. The Labute approximate surface area is 168 Å². The predicted octanol–water partition coefficient (Wildman–Crippen LogP) is 3.20. The first kappa shape index (κ1) is 20.2. The molecule has 2 aromatic rings. The lowest BCUT2D eigenvalue weighted by Gasteiger charge is -2.36. The second-order valence-electron chi connectivity index (χ2n) is 6.39. The molecule has 0 spiro atoms. The fourth-order valence-electron chi connectivity index (χ4n) is 2.98. The van der Waals surface area contributed by atoms with Crippen molar-refractivity contribution in [1.29, 1.82) is 0 Å². The summed E-state index contributed by atoms with van der Waals surface area (Å²) in [6.45, 7) is 1.82. The topological polar surface area (TPSA) is 49.9 Å². The fourth-order valence-corrected chi connectivity index (χ4v) is 3.83. The molecule has 28 heavy (non-hydrogen) atoms. The fraction of sp³-hybridized carbons (Fsp3) is 0.333. The number of anilines is 1. The van der Waals surface area contributed by atoms with E-state index in [1.54, 1.807) is 34.9 Å². The Morgan fingerprint density at radius 3 is 2.36 bits per heavy atom. The van der Waals surface area contributed by atoms with Crippen molar-refractivity contribution in [2.45, 2.75) is 11.3 Å². The number of carbonyl (C=O) groups excluding carboxylic acids is 2. The molecule has 1 heterocycles. The van der Waals surface area contributed by atoms with E-state index in [0.717, 1.165) is 4.90 Å². The van der Waals surface area contributed by atoms with Crippen LogP contribution in [-0.4, -0.2) is 55.3 Å². The maximum Gasteiger partial charge on any atom is 0.307 e. The van der Waals surface area contributed by atoms with E-state index in [4.69, 9.17) is 4.74 Å². The minimum absolute atomic E-state index is 0.211. The Morgan fingerprint density at radius 1 is 0.964 bits per heavy atom. The van der Waals surface area contributed by atoms with Crippen molar-refractivity contribution in [2.24, 2.45) is 0 Å². The SMILES string of the molecule is O=C(CCSc1ccccc1)OCC(=O)N1CCN(c2ccccc2F)CC1. The number of halogens is 1. The van der Waals surface area contributed by atoms with E-state index in [2.05, 4.69) is 0 Å². The molecule has 1 saturated heterocycles. The molecule has 1 aliphatic heterocycles. The summed E-state index contributed by atoms with van der Waals surface area (Å²) in [4.78, 5) is 28.8. The number of hydrogen-bond donors (Lipinski definition) is 0. The van der Waals surface area contributed by atoms with Crippen LogP contribution in [0.4, 0.5) is 10.1 Å². The second-order valence-corrected chi connectivity index (χ2v) is 7.56. The van der Waals surface area contributed by atoms with Gasteiger partial charge in [-0.05, 0) is 24.3 Å². The van der Waals surface area contributed by atoms with Crippen molar-refractivity contribution in [3.63, 3.8) is 0 Å². The molecule has 0 aliphatic carbocycles. The van der Waals surface area contributed by atoms with E-state index in [1.165, 1.54) is 6.07 Å². The van der Waals surface area contributed by atoms with E-state index in [9.17, 15) is 14.0 Å². The zero-order chi connectivity index (χ0) is 19.8. The van der Waals surface area contributed by atoms with Crippen LogP contribution < -0.4 is 4.90 Å². The summed E-state index contributed by atoms with van der Waals surface area (Å²) in [5.41, 5.74) is 0.553. The molecule has 0 unspecified atom stereocenters. The normalized spacial score (nSPS) is 14.0. The first-order chi connectivity index (χ1) is 13.6. The minimum Gasteiger partial charge on any atom is -0.456 e. The summed E-state index contributed by atoms with van der Waals surface area (Å²) in [6, 6.07) is 16.4. The molecule has 0 saturated carbocycles. The molecule has 1 aliphatic rings. The second kappa shape index (κ2) is 10.1. The summed E-state index contributed by atoms with van der Waals surface area (Å²) in [7, 11) is 0. The van der Waals surface area contributed by atoms with Gasteiger partial charge in [0.05, 0.1) is 12.1 Å². The Kier molecular flexibility index (Phi) is 7.31. The molecule has 3 rings (SSSR count). The number of hydrogen-bond acceptors (Lipinski definition) is 5. The molecule has 0 atom stereocenters. The van der Waals surface area contributed by atoms with Crippen LogP contribution in [0.25, 0.3) is 0 Å². The van der Waals surface area contributed by atoms with Crippen molar-refractivity contribution in [3.05, 3.63) is 60.4 Å². The van der Waals surface area contributed by atoms with Gasteiger partial charge in [0.25, 0.3) is 5.91 Å². The van der Waals surface area contributed by atoms with Gasteiger partial charge in [-0.15, -0.1) is 11.8 Å². The quantitative estimate of drug-likeness (QED) is 0.526. The predicted molar refractivity (Wildman–Crippen MR) is 108 cm³/mol. The first-order valence-corrected chi connectivity index (χ1v) is 10.2. The Morgan fingerprint density at radius 2 is 1.64 bits per heavy atom. The summed E-state index contributed by atoms with van der Waals surface area (Å²) >= 11 is 1.58. The van der Waals surface area contributed by atoms with Crippen LogP contribution in [0, 0.1) is 5.82 Å². The van der Waals surface area contributed by atoms with Gasteiger partial charge in [-0.25, -0.2) is 4.39 Å². The number of carbonyl (C=O) groups is 2. The van der Waals surface area contributed by atoms with Gasteiger partial charge >= 0.3 is 5.97 Å². The highest BCUT2D eigenvalue weighted by Crippen LogP contribution is 2.20.